The maximum absolute atomic E-state index is 13.8. The van der Waals surface area contributed by atoms with Crippen LogP contribution < -0.4 is 15.1 Å². The van der Waals surface area contributed by atoms with Crippen LogP contribution in [0.3, 0.4) is 0 Å². The molecule has 3 aromatic carbocycles. The molecule has 2 aromatic heterocycles. The van der Waals surface area contributed by atoms with Crippen LogP contribution in [0, 0.1) is 20.8 Å². The number of anilines is 1. The van der Waals surface area contributed by atoms with E-state index in [1.807, 2.05) is 56.3 Å². The summed E-state index contributed by atoms with van der Waals surface area (Å²) in [7, 11) is 0. The van der Waals surface area contributed by atoms with Crippen molar-refractivity contribution < 1.29 is 18.5 Å². The van der Waals surface area contributed by atoms with Gasteiger partial charge in [0.05, 0.1) is 17.0 Å². The normalized spacial score (nSPS) is 14.8. The van der Waals surface area contributed by atoms with Gasteiger partial charge in [0.2, 0.25) is 5.76 Å². The minimum absolute atomic E-state index is 0.00968. The van der Waals surface area contributed by atoms with E-state index in [-0.39, 0.29) is 16.8 Å². The summed E-state index contributed by atoms with van der Waals surface area (Å²) in [5.74, 6) is 1.03. The molecule has 0 fully saturated rings. The second-order valence-electron chi connectivity index (χ2n) is 9.43. The van der Waals surface area contributed by atoms with E-state index in [0.717, 1.165) is 16.7 Å². The number of fused-ring (bicyclic) bond motifs is 2. The van der Waals surface area contributed by atoms with Gasteiger partial charge in [0.15, 0.2) is 11.2 Å². The highest BCUT2D eigenvalue weighted by atomic mass is 35.5. The molecule has 6 rings (SSSR count). The maximum atomic E-state index is 13.8. The standard InChI is InChI=1S/C30H23ClN2O5/c1-16-12-22-24(13-17(16)2)37-29-26(28(22)34)27(33(30(29)35)25-14-18(3)38-32-25)19-8-10-21(11-9-19)36-15-20-6-4-5-7-23(20)31/h4-14,27H,15H2,1-3H3/t27-/m1/s1. The summed E-state index contributed by atoms with van der Waals surface area (Å²) < 4.78 is 17.3. The molecule has 1 aliphatic rings. The minimum atomic E-state index is -0.748. The van der Waals surface area contributed by atoms with Crippen LogP contribution in [0.5, 0.6) is 5.75 Å². The van der Waals surface area contributed by atoms with Crippen LogP contribution in [-0.2, 0) is 6.61 Å². The largest absolute Gasteiger partial charge is 0.489 e. The Morgan fingerprint density at radius 3 is 2.42 bits per heavy atom. The lowest BCUT2D eigenvalue weighted by Gasteiger charge is -2.22. The first-order valence-electron chi connectivity index (χ1n) is 12.1. The zero-order valence-electron chi connectivity index (χ0n) is 20.9. The van der Waals surface area contributed by atoms with Gasteiger partial charge in [0.1, 0.15) is 23.7 Å². The first-order valence-corrected chi connectivity index (χ1v) is 12.5. The Labute approximate surface area is 223 Å². The number of benzene rings is 3. The highest BCUT2D eigenvalue weighted by Gasteiger charge is 2.45. The molecule has 190 valence electrons. The lowest BCUT2D eigenvalue weighted by Crippen LogP contribution is -2.29. The van der Waals surface area contributed by atoms with Gasteiger partial charge >= 0.3 is 0 Å². The van der Waals surface area contributed by atoms with E-state index < -0.39 is 11.9 Å². The quantitative estimate of drug-likeness (QED) is 0.253. The SMILES string of the molecule is Cc1cc(N2C(=O)c3oc4cc(C)c(C)cc4c(=O)c3[C@H]2c2ccc(OCc3ccccc3Cl)cc2)no1. The number of carbonyl (C=O) groups is 1. The number of nitrogens with zero attached hydrogens (tertiary/aromatic N) is 2. The van der Waals surface area contributed by atoms with Gasteiger partial charge in [-0.15, -0.1) is 0 Å². The molecule has 1 aliphatic heterocycles. The van der Waals surface area contributed by atoms with Crippen LogP contribution >= 0.6 is 11.6 Å². The average molecular weight is 527 g/mol. The van der Waals surface area contributed by atoms with Crippen LogP contribution in [0.4, 0.5) is 5.82 Å². The smallest absolute Gasteiger partial charge is 0.296 e. The number of hydrogen-bond donors (Lipinski definition) is 0. The fourth-order valence-electron chi connectivity index (χ4n) is 4.77. The predicted octanol–water partition coefficient (Wildman–Crippen LogP) is 6.69. The van der Waals surface area contributed by atoms with Gasteiger partial charge in [-0.3, -0.25) is 14.5 Å². The Hall–Kier alpha value is -4.36. The molecule has 8 heteroatoms. The summed E-state index contributed by atoms with van der Waals surface area (Å²) >= 11 is 6.24. The maximum Gasteiger partial charge on any atom is 0.296 e. The number of rotatable bonds is 5. The Morgan fingerprint density at radius 1 is 0.974 bits per heavy atom. The number of aromatic nitrogens is 1. The molecule has 38 heavy (non-hydrogen) atoms. The summed E-state index contributed by atoms with van der Waals surface area (Å²) in [6.07, 6.45) is 0. The van der Waals surface area contributed by atoms with E-state index in [4.69, 9.17) is 25.3 Å². The third-order valence-electron chi connectivity index (χ3n) is 6.90. The topological polar surface area (TPSA) is 85.8 Å². The Morgan fingerprint density at radius 2 is 1.71 bits per heavy atom. The van der Waals surface area contributed by atoms with E-state index in [1.54, 1.807) is 31.2 Å². The van der Waals surface area contributed by atoms with E-state index in [1.165, 1.54) is 4.90 Å². The predicted molar refractivity (Wildman–Crippen MR) is 144 cm³/mol. The van der Waals surface area contributed by atoms with Crippen LogP contribution in [0.1, 0.15) is 50.2 Å². The van der Waals surface area contributed by atoms with Crippen molar-refractivity contribution in [1.82, 2.24) is 5.16 Å². The third-order valence-corrected chi connectivity index (χ3v) is 7.27. The van der Waals surface area contributed by atoms with E-state index in [2.05, 4.69) is 5.16 Å². The Balaban J connectivity index is 1.44. The molecular weight excluding hydrogens is 504 g/mol. The fraction of sp³-hybridized carbons (Fsp3) is 0.167. The number of ether oxygens (including phenoxy) is 1. The number of aryl methyl sites for hydroxylation is 3. The molecule has 0 N–H and O–H groups in total. The number of carbonyl (C=O) groups excluding carboxylic acids is 1. The summed E-state index contributed by atoms with van der Waals surface area (Å²) in [5, 5.41) is 5.14. The molecule has 0 bridgehead atoms. The highest BCUT2D eigenvalue weighted by Crippen LogP contribution is 2.41. The number of halogens is 1. The molecule has 1 atom stereocenters. The number of amides is 1. The van der Waals surface area contributed by atoms with Crippen LogP contribution in [-0.4, -0.2) is 11.1 Å². The highest BCUT2D eigenvalue weighted by molar-refractivity contribution is 6.31. The lowest BCUT2D eigenvalue weighted by atomic mass is 9.97. The fourth-order valence-corrected chi connectivity index (χ4v) is 4.96. The van der Waals surface area contributed by atoms with Gasteiger partial charge in [-0.05, 0) is 67.8 Å². The van der Waals surface area contributed by atoms with Crippen LogP contribution in [0.2, 0.25) is 5.02 Å². The summed E-state index contributed by atoms with van der Waals surface area (Å²) in [4.78, 5) is 29.0. The molecule has 7 nitrogen and oxygen atoms in total. The van der Waals surface area contributed by atoms with Crippen molar-refractivity contribution in [2.24, 2.45) is 0 Å². The second kappa shape index (κ2) is 9.19. The molecule has 1 amide bonds. The van der Waals surface area contributed by atoms with Crippen molar-refractivity contribution in [3.05, 3.63) is 121 Å². The molecule has 0 unspecified atom stereocenters. The van der Waals surface area contributed by atoms with E-state index in [9.17, 15) is 9.59 Å². The first kappa shape index (κ1) is 24.0. The van der Waals surface area contributed by atoms with Crippen LogP contribution in [0.15, 0.2) is 80.5 Å². The molecular formula is C30H23ClN2O5. The second-order valence-corrected chi connectivity index (χ2v) is 9.84. The molecule has 0 aliphatic carbocycles. The minimum Gasteiger partial charge on any atom is -0.489 e. The van der Waals surface area contributed by atoms with Crippen molar-refractivity contribution in [2.45, 2.75) is 33.4 Å². The molecule has 0 radical (unpaired) electrons. The summed E-state index contributed by atoms with van der Waals surface area (Å²) in [6.45, 7) is 5.93. The molecule has 5 aromatic rings. The molecule has 0 spiro atoms. The van der Waals surface area contributed by atoms with Gasteiger partial charge in [0, 0.05) is 16.7 Å². The lowest BCUT2D eigenvalue weighted by molar-refractivity contribution is 0.0969. The van der Waals surface area contributed by atoms with Crippen molar-refractivity contribution in [2.75, 3.05) is 4.90 Å². The Bertz CT molecular complexity index is 1770. The van der Waals surface area contributed by atoms with Crippen molar-refractivity contribution in [3.63, 3.8) is 0 Å². The Kier molecular flexibility index (Phi) is 5.80. The summed E-state index contributed by atoms with van der Waals surface area (Å²) in [6, 6.07) is 19.3. The van der Waals surface area contributed by atoms with Crippen molar-refractivity contribution in [1.29, 1.82) is 0 Å². The average Bonchev–Trinajstić information content (AvgIpc) is 3.46. The zero-order chi connectivity index (χ0) is 26.6. The zero-order valence-corrected chi connectivity index (χ0v) is 21.7. The molecule has 3 heterocycles. The van der Waals surface area contributed by atoms with Gasteiger partial charge in [0.25, 0.3) is 5.91 Å². The van der Waals surface area contributed by atoms with Gasteiger partial charge in [-0.1, -0.05) is 47.1 Å². The monoisotopic (exact) mass is 526 g/mol. The third kappa shape index (κ3) is 3.96. The van der Waals surface area contributed by atoms with E-state index in [0.29, 0.717) is 45.5 Å². The van der Waals surface area contributed by atoms with E-state index >= 15 is 0 Å². The van der Waals surface area contributed by atoms with Crippen molar-refractivity contribution >= 4 is 34.3 Å². The van der Waals surface area contributed by atoms with Gasteiger partial charge in [-0.2, -0.15) is 0 Å². The summed E-state index contributed by atoms with van der Waals surface area (Å²) in [5.41, 5.74) is 3.93. The number of hydrogen-bond acceptors (Lipinski definition) is 6. The first-order chi connectivity index (χ1) is 18.3. The molecule has 0 saturated carbocycles. The van der Waals surface area contributed by atoms with Crippen molar-refractivity contribution in [3.8, 4) is 5.75 Å². The van der Waals surface area contributed by atoms with Crippen LogP contribution in [0.25, 0.3) is 11.0 Å². The van der Waals surface area contributed by atoms with Gasteiger partial charge in [-0.25, -0.2) is 0 Å². The van der Waals surface area contributed by atoms with Gasteiger partial charge < -0.3 is 13.7 Å². The molecule has 0 saturated heterocycles.